The zero-order chi connectivity index (χ0) is 16.1. The highest BCUT2D eigenvalue weighted by Crippen LogP contribution is 2.33. The summed E-state index contributed by atoms with van der Waals surface area (Å²) >= 11 is 0. The molecule has 0 aliphatic carbocycles. The highest BCUT2D eigenvalue weighted by Gasteiger charge is 2.14. The maximum Gasteiger partial charge on any atom is 0.0934 e. The van der Waals surface area contributed by atoms with Gasteiger partial charge in [-0.2, -0.15) is 5.10 Å². The molecule has 0 N–H and O–H groups in total. The van der Waals surface area contributed by atoms with Crippen LogP contribution in [0.5, 0.6) is 0 Å². The molecular formula is C22H16N2. The van der Waals surface area contributed by atoms with Gasteiger partial charge in [0, 0.05) is 16.3 Å². The molecule has 0 saturated carbocycles. The molecule has 2 heterocycles. The van der Waals surface area contributed by atoms with Gasteiger partial charge < -0.3 is 0 Å². The van der Waals surface area contributed by atoms with Crippen LogP contribution in [0, 0.1) is 6.92 Å². The van der Waals surface area contributed by atoms with Crippen LogP contribution in [-0.4, -0.2) is 9.61 Å². The van der Waals surface area contributed by atoms with E-state index in [0.29, 0.717) is 0 Å². The SMILES string of the molecule is Cc1ccccc1-c1cc2ccccc2c2c3ccccc3nn12. The minimum Gasteiger partial charge on any atom is -0.231 e. The number of hydrogen-bond acceptors (Lipinski definition) is 1. The first-order valence-corrected chi connectivity index (χ1v) is 8.18. The van der Waals surface area contributed by atoms with Crippen molar-refractivity contribution < 1.29 is 0 Å². The molecule has 0 fully saturated rings. The quantitative estimate of drug-likeness (QED) is 0.393. The summed E-state index contributed by atoms with van der Waals surface area (Å²) in [6, 6.07) is 27.7. The summed E-state index contributed by atoms with van der Waals surface area (Å²) < 4.78 is 2.11. The van der Waals surface area contributed by atoms with Crippen LogP contribution in [0.3, 0.4) is 0 Å². The number of pyridine rings is 1. The van der Waals surface area contributed by atoms with E-state index in [2.05, 4.69) is 84.2 Å². The van der Waals surface area contributed by atoms with Gasteiger partial charge in [0.25, 0.3) is 0 Å². The summed E-state index contributed by atoms with van der Waals surface area (Å²) in [5.74, 6) is 0. The van der Waals surface area contributed by atoms with Crippen molar-refractivity contribution in [1.82, 2.24) is 9.61 Å². The van der Waals surface area contributed by atoms with E-state index in [0.717, 1.165) is 11.2 Å². The van der Waals surface area contributed by atoms with Gasteiger partial charge in [-0.3, -0.25) is 0 Å². The molecule has 0 unspecified atom stereocenters. The van der Waals surface area contributed by atoms with E-state index in [1.54, 1.807) is 0 Å². The number of aryl methyl sites for hydroxylation is 1. The Bertz CT molecular complexity index is 1210. The minimum absolute atomic E-state index is 1.03. The van der Waals surface area contributed by atoms with Crippen molar-refractivity contribution in [1.29, 1.82) is 0 Å². The highest BCUT2D eigenvalue weighted by molar-refractivity contribution is 6.10. The fourth-order valence-electron chi connectivity index (χ4n) is 3.57. The molecule has 2 heteroatoms. The first-order chi connectivity index (χ1) is 11.8. The number of hydrogen-bond donors (Lipinski definition) is 0. The van der Waals surface area contributed by atoms with Crippen molar-refractivity contribution in [3.63, 3.8) is 0 Å². The first-order valence-electron chi connectivity index (χ1n) is 8.18. The normalized spacial score (nSPS) is 11.5. The van der Waals surface area contributed by atoms with Crippen molar-refractivity contribution in [3.8, 4) is 11.3 Å². The second-order valence-corrected chi connectivity index (χ2v) is 6.21. The second kappa shape index (κ2) is 4.93. The van der Waals surface area contributed by atoms with Crippen molar-refractivity contribution in [2.75, 3.05) is 0 Å². The Kier molecular flexibility index (Phi) is 2.74. The van der Waals surface area contributed by atoms with Gasteiger partial charge in [0.1, 0.15) is 0 Å². The predicted molar refractivity (Wildman–Crippen MR) is 100 cm³/mol. The Morgan fingerprint density at radius 2 is 1.46 bits per heavy atom. The zero-order valence-electron chi connectivity index (χ0n) is 13.4. The van der Waals surface area contributed by atoms with Crippen LogP contribution in [0.1, 0.15) is 5.56 Å². The summed E-state index contributed by atoms with van der Waals surface area (Å²) in [6.45, 7) is 2.15. The van der Waals surface area contributed by atoms with E-state index in [1.165, 1.54) is 32.8 Å². The van der Waals surface area contributed by atoms with Gasteiger partial charge in [-0.25, -0.2) is 4.52 Å². The first kappa shape index (κ1) is 13.3. The van der Waals surface area contributed by atoms with Crippen LogP contribution in [0.15, 0.2) is 78.9 Å². The molecule has 0 aliphatic heterocycles. The molecule has 2 nitrogen and oxygen atoms in total. The molecule has 0 aliphatic rings. The van der Waals surface area contributed by atoms with E-state index in [-0.39, 0.29) is 0 Å². The lowest BCUT2D eigenvalue weighted by molar-refractivity contribution is 0.994. The lowest BCUT2D eigenvalue weighted by Gasteiger charge is -2.11. The lowest BCUT2D eigenvalue weighted by atomic mass is 10.0. The van der Waals surface area contributed by atoms with Crippen molar-refractivity contribution >= 4 is 27.2 Å². The molecule has 0 radical (unpaired) electrons. The molecule has 0 amide bonds. The van der Waals surface area contributed by atoms with E-state index < -0.39 is 0 Å². The zero-order valence-corrected chi connectivity index (χ0v) is 13.4. The number of fused-ring (bicyclic) bond motifs is 5. The van der Waals surface area contributed by atoms with Gasteiger partial charge in [0.2, 0.25) is 0 Å². The molecule has 0 atom stereocenters. The predicted octanol–water partition coefficient (Wildman–Crippen LogP) is 5.62. The number of benzene rings is 3. The summed E-state index contributed by atoms with van der Waals surface area (Å²) in [7, 11) is 0. The Balaban J connectivity index is 2.05. The summed E-state index contributed by atoms with van der Waals surface area (Å²) in [5, 5.41) is 8.58. The smallest absolute Gasteiger partial charge is 0.0934 e. The molecule has 5 rings (SSSR count). The monoisotopic (exact) mass is 308 g/mol. The van der Waals surface area contributed by atoms with Gasteiger partial charge in [-0.05, 0) is 30.0 Å². The third-order valence-electron chi connectivity index (χ3n) is 4.74. The Morgan fingerprint density at radius 1 is 0.750 bits per heavy atom. The molecule has 0 bridgehead atoms. The van der Waals surface area contributed by atoms with Gasteiger partial charge in [0.05, 0.1) is 16.7 Å². The molecule has 3 aromatic carbocycles. The van der Waals surface area contributed by atoms with Crippen LogP contribution in [0.2, 0.25) is 0 Å². The Hall–Kier alpha value is -3.13. The maximum absolute atomic E-state index is 4.90. The highest BCUT2D eigenvalue weighted by atomic mass is 15.2. The van der Waals surface area contributed by atoms with E-state index in [1.807, 2.05) is 6.07 Å². The molecular weight excluding hydrogens is 292 g/mol. The average Bonchev–Trinajstić information content (AvgIpc) is 3.01. The van der Waals surface area contributed by atoms with Crippen LogP contribution >= 0.6 is 0 Å². The van der Waals surface area contributed by atoms with E-state index in [4.69, 9.17) is 5.10 Å². The fraction of sp³-hybridized carbons (Fsp3) is 0.0455. The standard InChI is InChI=1S/C22H16N2/c1-15-8-2-4-10-17(15)21-14-16-9-3-5-11-18(16)22-19-12-6-7-13-20(19)23-24(21)22/h2-14H,1H3. The van der Waals surface area contributed by atoms with Crippen LogP contribution in [-0.2, 0) is 0 Å². The molecule has 0 saturated heterocycles. The lowest BCUT2D eigenvalue weighted by Crippen LogP contribution is -1.96. The molecule has 114 valence electrons. The summed E-state index contributed by atoms with van der Waals surface area (Å²) in [6.07, 6.45) is 0. The van der Waals surface area contributed by atoms with E-state index in [9.17, 15) is 0 Å². The van der Waals surface area contributed by atoms with Gasteiger partial charge in [-0.15, -0.1) is 0 Å². The average molecular weight is 308 g/mol. The number of rotatable bonds is 1. The maximum atomic E-state index is 4.90. The fourth-order valence-corrected chi connectivity index (χ4v) is 3.57. The van der Waals surface area contributed by atoms with Crippen LogP contribution < -0.4 is 0 Å². The minimum atomic E-state index is 1.03. The van der Waals surface area contributed by atoms with Gasteiger partial charge in [0.15, 0.2) is 0 Å². The Labute approximate surface area is 140 Å². The molecule has 2 aromatic heterocycles. The van der Waals surface area contributed by atoms with E-state index >= 15 is 0 Å². The molecule has 24 heavy (non-hydrogen) atoms. The van der Waals surface area contributed by atoms with Crippen LogP contribution in [0.4, 0.5) is 0 Å². The molecule has 0 spiro atoms. The van der Waals surface area contributed by atoms with Crippen molar-refractivity contribution in [3.05, 3.63) is 84.4 Å². The summed E-state index contributed by atoms with van der Waals surface area (Å²) in [4.78, 5) is 0. The largest absolute Gasteiger partial charge is 0.231 e. The topological polar surface area (TPSA) is 17.3 Å². The van der Waals surface area contributed by atoms with Crippen molar-refractivity contribution in [2.45, 2.75) is 6.92 Å². The van der Waals surface area contributed by atoms with Gasteiger partial charge >= 0.3 is 0 Å². The molecule has 5 aromatic rings. The number of aromatic nitrogens is 2. The third kappa shape index (κ3) is 1.80. The van der Waals surface area contributed by atoms with Gasteiger partial charge in [-0.1, -0.05) is 66.7 Å². The third-order valence-corrected chi connectivity index (χ3v) is 4.74. The van der Waals surface area contributed by atoms with Crippen LogP contribution in [0.25, 0.3) is 38.4 Å². The summed E-state index contributed by atoms with van der Waals surface area (Å²) in [5.41, 5.74) is 5.83. The second-order valence-electron chi connectivity index (χ2n) is 6.21. The Morgan fingerprint density at radius 3 is 2.33 bits per heavy atom. The van der Waals surface area contributed by atoms with Crippen molar-refractivity contribution in [2.24, 2.45) is 0 Å². The number of nitrogens with zero attached hydrogens (tertiary/aromatic N) is 2.